The van der Waals surface area contributed by atoms with E-state index in [2.05, 4.69) is 5.32 Å². The molecule has 0 spiro atoms. The van der Waals surface area contributed by atoms with Crippen molar-refractivity contribution in [2.45, 2.75) is 26.3 Å². The normalized spacial score (nSPS) is 12.2. The average Bonchev–Trinajstić information content (AvgIpc) is 2.20. The van der Waals surface area contributed by atoms with Crippen molar-refractivity contribution < 1.29 is 9.90 Å². The minimum atomic E-state index is -0.969. The molecule has 0 saturated carbocycles. The number of anilines is 1. The van der Waals surface area contributed by atoms with Crippen LogP contribution in [0.4, 0.5) is 5.69 Å². The lowest BCUT2D eigenvalue weighted by molar-refractivity contribution is 0.0698. The predicted octanol–water partition coefficient (Wildman–Crippen LogP) is 3.25. The Kier molecular flexibility index (Phi) is 3.97. The molecule has 1 aromatic rings. The van der Waals surface area contributed by atoms with E-state index in [0.717, 1.165) is 6.42 Å². The number of carbonyl (C=O) groups is 1. The molecule has 0 amide bonds. The van der Waals surface area contributed by atoms with Gasteiger partial charge in [0.25, 0.3) is 0 Å². The molecule has 0 bridgehead atoms. The quantitative estimate of drug-likeness (QED) is 0.830. The van der Waals surface area contributed by atoms with Crippen LogP contribution in [-0.4, -0.2) is 17.1 Å². The first-order valence-electron chi connectivity index (χ1n) is 4.84. The van der Waals surface area contributed by atoms with E-state index in [1.54, 1.807) is 12.1 Å². The maximum absolute atomic E-state index is 10.9. The zero-order valence-electron chi connectivity index (χ0n) is 8.75. The summed E-state index contributed by atoms with van der Waals surface area (Å²) in [4.78, 5) is 10.9. The first kappa shape index (κ1) is 11.9. The monoisotopic (exact) mass is 227 g/mol. The Morgan fingerprint density at radius 3 is 2.80 bits per heavy atom. The first-order valence-corrected chi connectivity index (χ1v) is 5.21. The molecule has 0 aliphatic rings. The Bertz CT molecular complexity index is 366. The SMILES string of the molecule is CCC(C)Nc1ccc(Cl)cc1C(=O)O. The Morgan fingerprint density at radius 1 is 1.60 bits per heavy atom. The van der Waals surface area contributed by atoms with Crippen molar-refractivity contribution in [3.8, 4) is 0 Å². The van der Waals surface area contributed by atoms with Gasteiger partial charge in [-0.3, -0.25) is 0 Å². The lowest BCUT2D eigenvalue weighted by atomic mass is 10.1. The lowest BCUT2D eigenvalue weighted by Gasteiger charge is -2.15. The molecule has 1 rings (SSSR count). The zero-order valence-corrected chi connectivity index (χ0v) is 9.51. The van der Waals surface area contributed by atoms with Crippen LogP contribution in [0, 0.1) is 0 Å². The number of benzene rings is 1. The minimum Gasteiger partial charge on any atom is -0.478 e. The number of nitrogens with one attached hydrogen (secondary N) is 1. The summed E-state index contributed by atoms with van der Waals surface area (Å²) < 4.78 is 0. The van der Waals surface area contributed by atoms with E-state index in [9.17, 15) is 4.79 Å². The maximum Gasteiger partial charge on any atom is 0.337 e. The van der Waals surface area contributed by atoms with Crippen LogP contribution < -0.4 is 5.32 Å². The molecule has 82 valence electrons. The van der Waals surface area contributed by atoms with Gasteiger partial charge in [0.1, 0.15) is 0 Å². The zero-order chi connectivity index (χ0) is 11.4. The highest BCUT2D eigenvalue weighted by Gasteiger charge is 2.11. The topological polar surface area (TPSA) is 49.3 Å². The van der Waals surface area contributed by atoms with Gasteiger partial charge in [-0.05, 0) is 31.5 Å². The Labute approximate surface area is 94.1 Å². The fourth-order valence-corrected chi connectivity index (χ4v) is 1.36. The van der Waals surface area contributed by atoms with Crippen LogP contribution in [0.25, 0.3) is 0 Å². The van der Waals surface area contributed by atoms with Crippen molar-refractivity contribution in [1.82, 2.24) is 0 Å². The van der Waals surface area contributed by atoms with Crippen LogP contribution >= 0.6 is 11.6 Å². The second kappa shape index (κ2) is 5.03. The van der Waals surface area contributed by atoms with Crippen molar-refractivity contribution >= 4 is 23.3 Å². The van der Waals surface area contributed by atoms with E-state index >= 15 is 0 Å². The highest BCUT2D eigenvalue weighted by Crippen LogP contribution is 2.21. The van der Waals surface area contributed by atoms with Gasteiger partial charge in [-0.2, -0.15) is 0 Å². The van der Waals surface area contributed by atoms with Crippen molar-refractivity contribution in [2.24, 2.45) is 0 Å². The first-order chi connectivity index (χ1) is 7.04. The molecule has 0 aliphatic heterocycles. The van der Waals surface area contributed by atoms with Gasteiger partial charge in [0.2, 0.25) is 0 Å². The van der Waals surface area contributed by atoms with Gasteiger partial charge in [0.05, 0.1) is 5.56 Å². The van der Waals surface area contributed by atoms with Crippen LogP contribution in [0.2, 0.25) is 5.02 Å². The Hall–Kier alpha value is -1.22. The number of halogens is 1. The molecule has 0 fully saturated rings. The summed E-state index contributed by atoms with van der Waals surface area (Å²) in [7, 11) is 0. The largest absolute Gasteiger partial charge is 0.478 e. The van der Waals surface area contributed by atoms with Crippen molar-refractivity contribution in [1.29, 1.82) is 0 Å². The van der Waals surface area contributed by atoms with E-state index < -0.39 is 5.97 Å². The Balaban J connectivity index is 3.01. The van der Waals surface area contributed by atoms with Crippen molar-refractivity contribution in [3.05, 3.63) is 28.8 Å². The predicted molar refractivity (Wildman–Crippen MR) is 61.8 cm³/mol. The van der Waals surface area contributed by atoms with Gasteiger partial charge in [0, 0.05) is 16.8 Å². The molecule has 1 aromatic carbocycles. The van der Waals surface area contributed by atoms with Gasteiger partial charge < -0.3 is 10.4 Å². The number of hydrogen-bond donors (Lipinski definition) is 2. The molecule has 0 heterocycles. The standard InChI is InChI=1S/C11H14ClNO2/c1-3-7(2)13-10-5-4-8(12)6-9(10)11(14)15/h4-7,13H,3H2,1-2H3,(H,14,15). The van der Waals surface area contributed by atoms with Gasteiger partial charge in [-0.1, -0.05) is 18.5 Å². The second-order valence-electron chi connectivity index (χ2n) is 3.45. The molecule has 2 N–H and O–H groups in total. The maximum atomic E-state index is 10.9. The van der Waals surface area contributed by atoms with Crippen molar-refractivity contribution in [3.63, 3.8) is 0 Å². The van der Waals surface area contributed by atoms with E-state index in [0.29, 0.717) is 10.7 Å². The van der Waals surface area contributed by atoms with Crippen LogP contribution in [0.3, 0.4) is 0 Å². The third-order valence-electron chi connectivity index (χ3n) is 2.23. The van der Waals surface area contributed by atoms with Gasteiger partial charge in [-0.25, -0.2) is 4.79 Å². The summed E-state index contributed by atoms with van der Waals surface area (Å²) in [5.74, 6) is -0.969. The number of aromatic carboxylic acids is 1. The fourth-order valence-electron chi connectivity index (χ4n) is 1.19. The summed E-state index contributed by atoms with van der Waals surface area (Å²) in [5, 5.41) is 12.5. The Morgan fingerprint density at radius 2 is 2.27 bits per heavy atom. The van der Waals surface area contributed by atoms with Gasteiger partial charge >= 0.3 is 5.97 Å². The molecule has 0 aliphatic carbocycles. The molecule has 0 radical (unpaired) electrons. The molecular formula is C11H14ClNO2. The van der Waals surface area contributed by atoms with Crippen LogP contribution in [0.5, 0.6) is 0 Å². The highest BCUT2D eigenvalue weighted by molar-refractivity contribution is 6.31. The van der Waals surface area contributed by atoms with Crippen LogP contribution in [0.15, 0.2) is 18.2 Å². The third kappa shape index (κ3) is 3.13. The average molecular weight is 228 g/mol. The van der Waals surface area contributed by atoms with E-state index in [1.165, 1.54) is 6.07 Å². The molecule has 15 heavy (non-hydrogen) atoms. The molecular weight excluding hydrogens is 214 g/mol. The number of rotatable bonds is 4. The molecule has 0 aromatic heterocycles. The summed E-state index contributed by atoms with van der Waals surface area (Å²) >= 11 is 5.74. The fraction of sp³-hybridized carbons (Fsp3) is 0.364. The number of hydrogen-bond acceptors (Lipinski definition) is 2. The van der Waals surface area contributed by atoms with E-state index in [1.807, 2.05) is 13.8 Å². The molecule has 0 saturated heterocycles. The molecule has 1 unspecified atom stereocenters. The third-order valence-corrected chi connectivity index (χ3v) is 2.46. The number of carboxylic acid groups (broad SMARTS) is 1. The molecule has 3 nitrogen and oxygen atoms in total. The lowest BCUT2D eigenvalue weighted by Crippen LogP contribution is -2.16. The van der Waals surface area contributed by atoms with Crippen LogP contribution in [0.1, 0.15) is 30.6 Å². The summed E-state index contributed by atoms with van der Waals surface area (Å²) in [5.41, 5.74) is 0.823. The number of carboxylic acids is 1. The molecule has 1 atom stereocenters. The summed E-state index contributed by atoms with van der Waals surface area (Å²) in [6, 6.07) is 5.06. The molecule has 4 heteroatoms. The summed E-state index contributed by atoms with van der Waals surface area (Å²) in [6.07, 6.45) is 0.932. The van der Waals surface area contributed by atoms with E-state index in [4.69, 9.17) is 16.7 Å². The van der Waals surface area contributed by atoms with E-state index in [-0.39, 0.29) is 11.6 Å². The van der Waals surface area contributed by atoms with Crippen molar-refractivity contribution in [2.75, 3.05) is 5.32 Å². The van der Waals surface area contributed by atoms with Gasteiger partial charge in [0.15, 0.2) is 0 Å². The van der Waals surface area contributed by atoms with Gasteiger partial charge in [-0.15, -0.1) is 0 Å². The highest BCUT2D eigenvalue weighted by atomic mass is 35.5. The van der Waals surface area contributed by atoms with Crippen LogP contribution in [-0.2, 0) is 0 Å². The smallest absolute Gasteiger partial charge is 0.337 e. The minimum absolute atomic E-state index is 0.211. The summed E-state index contributed by atoms with van der Waals surface area (Å²) in [6.45, 7) is 4.04. The second-order valence-corrected chi connectivity index (χ2v) is 3.89.